The zero-order valence-electron chi connectivity index (χ0n) is 5.76. The number of carbonyl (C=O) groups is 1. The van der Waals surface area contributed by atoms with Crippen molar-refractivity contribution < 1.29 is 4.79 Å². The number of rotatable bonds is 0. The Morgan fingerprint density at radius 3 is 3.20 bits per heavy atom. The van der Waals surface area contributed by atoms with Crippen molar-refractivity contribution in [2.75, 3.05) is 6.54 Å². The summed E-state index contributed by atoms with van der Waals surface area (Å²) in [4.78, 5) is 10.8. The summed E-state index contributed by atoms with van der Waals surface area (Å²) in [5.41, 5.74) is 0. The molecule has 0 spiro atoms. The van der Waals surface area contributed by atoms with Crippen molar-refractivity contribution >= 4 is 5.91 Å². The molecule has 1 unspecified atom stereocenters. The van der Waals surface area contributed by atoms with Crippen molar-refractivity contribution in [2.24, 2.45) is 5.92 Å². The van der Waals surface area contributed by atoms with Crippen molar-refractivity contribution in [1.29, 1.82) is 5.26 Å². The van der Waals surface area contributed by atoms with Crippen LogP contribution in [0.5, 0.6) is 0 Å². The van der Waals surface area contributed by atoms with E-state index in [9.17, 15) is 4.79 Å². The molecule has 1 rings (SSSR count). The number of nitriles is 1. The van der Waals surface area contributed by atoms with E-state index in [1.807, 2.05) is 0 Å². The van der Waals surface area contributed by atoms with Gasteiger partial charge in [-0.1, -0.05) is 0 Å². The van der Waals surface area contributed by atoms with Gasteiger partial charge in [-0.05, 0) is 12.8 Å². The Balaban J connectivity index is 2.47. The van der Waals surface area contributed by atoms with Crippen LogP contribution in [0.15, 0.2) is 0 Å². The Morgan fingerprint density at radius 2 is 2.50 bits per heavy atom. The van der Waals surface area contributed by atoms with E-state index in [-0.39, 0.29) is 11.8 Å². The number of hydrogen-bond acceptors (Lipinski definition) is 2. The lowest BCUT2D eigenvalue weighted by Crippen LogP contribution is -2.22. The summed E-state index contributed by atoms with van der Waals surface area (Å²) in [6.45, 7) is 0.733. The van der Waals surface area contributed by atoms with Gasteiger partial charge in [-0.3, -0.25) is 4.79 Å². The van der Waals surface area contributed by atoms with Gasteiger partial charge in [-0.25, -0.2) is 0 Å². The van der Waals surface area contributed by atoms with Gasteiger partial charge in [-0.15, -0.1) is 0 Å². The minimum atomic E-state index is -0.0532. The Hall–Kier alpha value is -1.04. The monoisotopic (exact) mass is 138 g/mol. The Labute approximate surface area is 60.0 Å². The highest BCUT2D eigenvalue weighted by Gasteiger charge is 2.15. The Bertz CT molecular complexity index is 171. The molecule has 0 saturated carbocycles. The average molecular weight is 138 g/mol. The molecule has 54 valence electrons. The highest BCUT2D eigenvalue weighted by Crippen LogP contribution is 2.11. The first-order valence-corrected chi connectivity index (χ1v) is 3.49. The third-order valence-electron chi connectivity index (χ3n) is 1.67. The minimum absolute atomic E-state index is 0.0176. The van der Waals surface area contributed by atoms with Crippen molar-refractivity contribution in [1.82, 2.24) is 5.32 Å². The highest BCUT2D eigenvalue weighted by molar-refractivity contribution is 5.76. The van der Waals surface area contributed by atoms with Gasteiger partial charge in [0.1, 0.15) is 0 Å². The smallest absolute Gasteiger partial charge is 0.221 e. The summed E-state index contributed by atoms with van der Waals surface area (Å²) in [6, 6.07) is 2.11. The lowest BCUT2D eigenvalue weighted by atomic mass is 10.0. The molecule has 1 heterocycles. The molecule has 1 atom stereocenters. The molecular weight excluding hydrogens is 128 g/mol. The molecule has 0 aromatic carbocycles. The first-order chi connectivity index (χ1) is 4.83. The van der Waals surface area contributed by atoms with Crippen molar-refractivity contribution in [3.8, 4) is 6.07 Å². The van der Waals surface area contributed by atoms with E-state index >= 15 is 0 Å². The normalized spacial score (nSPS) is 26.3. The Kier molecular flexibility index (Phi) is 2.27. The zero-order valence-corrected chi connectivity index (χ0v) is 5.76. The molecular formula is C7H10N2O. The van der Waals surface area contributed by atoms with Crippen LogP contribution >= 0.6 is 0 Å². The van der Waals surface area contributed by atoms with Crippen LogP contribution in [0.1, 0.15) is 19.3 Å². The summed E-state index contributed by atoms with van der Waals surface area (Å²) in [5.74, 6) is -0.0356. The number of amides is 1. The molecule has 1 aliphatic rings. The quantitative estimate of drug-likeness (QED) is 0.527. The fraction of sp³-hybridized carbons (Fsp3) is 0.714. The van der Waals surface area contributed by atoms with Gasteiger partial charge in [0.15, 0.2) is 0 Å². The van der Waals surface area contributed by atoms with Crippen LogP contribution in [-0.4, -0.2) is 12.5 Å². The average Bonchev–Trinajstić information content (AvgIpc) is 2.13. The van der Waals surface area contributed by atoms with Gasteiger partial charge in [0.2, 0.25) is 5.91 Å². The molecule has 1 aliphatic heterocycles. The second kappa shape index (κ2) is 3.21. The summed E-state index contributed by atoms with van der Waals surface area (Å²) in [7, 11) is 0. The molecule has 0 bridgehead atoms. The lowest BCUT2D eigenvalue weighted by Gasteiger charge is -1.98. The van der Waals surface area contributed by atoms with Crippen LogP contribution in [0, 0.1) is 17.2 Å². The van der Waals surface area contributed by atoms with E-state index in [4.69, 9.17) is 5.26 Å². The molecule has 1 N–H and O–H groups in total. The van der Waals surface area contributed by atoms with Gasteiger partial charge in [0, 0.05) is 13.0 Å². The van der Waals surface area contributed by atoms with E-state index in [0.717, 1.165) is 19.4 Å². The van der Waals surface area contributed by atoms with Gasteiger partial charge in [0.25, 0.3) is 0 Å². The van der Waals surface area contributed by atoms with E-state index in [2.05, 4.69) is 11.4 Å². The molecule has 10 heavy (non-hydrogen) atoms. The third-order valence-corrected chi connectivity index (χ3v) is 1.67. The van der Waals surface area contributed by atoms with Crippen LogP contribution in [0.2, 0.25) is 0 Å². The van der Waals surface area contributed by atoms with E-state index in [1.165, 1.54) is 0 Å². The summed E-state index contributed by atoms with van der Waals surface area (Å²) >= 11 is 0. The maximum atomic E-state index is 10.8. The van der Waals surface area contributed by atoms with Crippen molar-refractivity contribution in [2.45, 2.75) is 19.3 Å². The fourth-order valence-corrected chi connectivity index (χ4v) is 1.08. The molecule has 0 aromatic rings. The second-order valence-corrected chi connectivity index (χ2v) is 2.52. The van der Waals surface area contributed by atoms with Crippen LogP contribution in [0.3, 0.4) is 0 Å². The van der Waals surface area contributed by atoms with Gasteiger partial charge in [0.05, 0.1) is 12.0 Å². The van der Waals surface area contributed by atoms with Crippen molar-refractivity contribution in [3.05, 3.63) is 0 Å². The number of hydrogen-bond donors (Lipinski definition) is 1. The first-order valence-electron chi connectivity index (χ1n) is 3.49. The van der Waals surface area contributed by atoms with Gasteiger partial charge < -0.3 is 5.32 Å². The summed E-state index contributed by atoms with van der Waals surface area (Å²) in [5, 5.41) is 11.2. The SMILES string of the molecule is N#CC1CCCNC(=O)C1. The van der Waals surface area contributed by atoms with Crippen LogP contribution in [0.25, 0.3) is 0 Å². The minimum Gasteiger partial charge on any atom is -0.356 e. The van der Waals surface area contributed by atoms with Crippen LogP contribution in [0.4, 0.5) is 0 Å². The molecule has 1 fully saturated rings. The maximum Gasteiger partial charge on any atom is 0.221 e. The summed E-state index contributed by atoms with van der Waals surface area (Å²) < 4.78 is 0. The third kappa shape index (κ3) is 1.73. The zero-order chi connectivity index (χ0) is 7.40. The summed E-state index contributed by atoms with van der Waals surface area (Å²) in [6.07, 6.45) is 2.18. The molecule has 1 amide bonds. The topological polar surface area (TPSA) is 52.9 Å². The molecule has 0 aliphatic carbocycles. The van der Waals surface area contributed by atoms with Crippen LogP contribution < -0.4 is 5.32 Å². The fourth-order valence-electron chi connectivity index (χ4n) is 1.08. The lowest BCUT2D eigenvalue weighted by molar-refractivity contribution is -0.121. The molecule has 3 heteroatoms. The first kappa shape index (κ1) is 7.07. The number of carbonyl (C=O) groups excluding carboxylic acids is 1. The number of nitrogens with one attached hydrogen (secondary N) is 1. The van der Waals surface area contributed by atoms with E-state index in [0.29, 0.717) is 6.42 Å². The van der Waals surface area contributed by atoms with E-state index < -0.39 is 0 Å². The second-order valence-electron chi connectivity index (χ2n) is 2.52. The van der Waals surface area contributed by atoms with Gasteiger partial charge in [-0.2, -0.15) is 5.26 Å². The largest absolute Gasteiger partial charge is 0.356 e. The molecule has 3 nitrogen and oxygen atoms in total. The predicted octanol–water partition coefficient (Wildman–Crippen LogP) is 0.426. The maximum absolute atomic E-state index is 10.8. The highest BCUT2D eigenvalue weighted by atomic mass is 16.1. The number of nitrogens with zero attached hydrogens (tertiary/aromatic N) is 1. The van der Waals surface area contributed by atoms with Crippen LogP contribution in [-0.2, 0) is 4.79 Å². The van der Waals surface area contributed by atoms with E-state index in [1.54, 1.807) is 0 Å². The van der Waals surface area contributed by atoms with Gasteiger partial charge >= 0.3 is 0 Å². The molecule has 0 radical (unpaired) electrons. The molecule has 1 saturated heterocycles. The standard InChI is InChI=1S/C7H10N2O/c8-5-6-2-1-3-9-7(10)4-6/h6H,1-4H2,(H,9,10). The molecule has 0 aromatic heterocycles. The van der Waals surface area contributed by atoms with Crippen molar-refractivity contribution in [3.63, 3.8) is 0 Å². The predicted molar refractivity (Wildman–Crippen MR) is 36.0 cm³/mol. The Morgan fingerprint density at radius 1 is 1.70 bits per heavy atom.